The minimum Gasteiger partial charge on any atom is -0.497 e. The van der Waals surface area contributed by atoms with Crippen molar-refractivity contribution in [3.63, 3.8) is 0 Å². The molecule has 2 aliphatic rings. The maximum Gasteiger partial charge on any atom is 0.258 e. The van der Waals surface area contributed by atoms with Crippen LogP contribution in [0.1, 0.15) is 40.4 Å². The number of anilines is 1. The van der Waals surface area contributed by atoms with Crippen LogP contribution in [0.2, 0.25) is 0 Å². The molecule has 3 heterocycles. The number of rotatable bonds is 4. The fourth-order valence-electron chi connectivity index (χ4n) is 4.39. The summed E-state index contributed by atoms with van der Waals surface area (Å²) in [7, 11) is 1.69. The Bertz CT molecular complexity index is 836. The van der Waals surface area contributed by atoms with Gasteiger partial charge in [-0.2, -0.15) is 0 Å². The lowest BCUT2D eigenvalue weighted by Crippen LogP contribution is -2.86. The van der Waals surface area contributed by atoms with Gasteiger partial charge in [0.2, 0.25) is 0 Å². The molecule has 1 unspecified atom stereocenters. The van der Waals surface area contributed by atoms with Gasteiger partial charge < -0.3 is 15.0 Å². The zero-order valence-electron chi connectivity index (χ0n) is 15.5. The van der Waals surface area contributed by atoms with Crippen molar-refractivity contribution in [2.24, 2.45) is 5.92 Å². The molecule has 0 saturated carbocycles. The second-order valence-corrected chi connectivity index (χ2v) is 7.59. The number of benzene rings is 1. The van der Waals surface area contributed by atoms with Crippen LogP contribution in [-0.2, 0) is 5.88 Å². The van der Waals surface area contributed by atoms with Crippen molar-refractivity contribution in [2.75, 3.05) is 31.6 Å². The lowest BCUT2D eigenvalue weighted by Gasteiger charge is -2.27. The van der Waals surface area contributed by atoms with Gasteiger partial charge in [0.25, 0.3) is 5.91 Å². The number of aromatic nitrogens is 1. The third-order valence-electron chi connectivity index (χ3n) is 5.80. The summed E-state index contributed by atoms with van der Waals surface area (Å²) in [6.45, 7) is 3.06. The molecule has 27 heavy (non-hydrogen) atoms. The predicted octanol–water partition coefficient (Wildman–Crippen LogP) is 2.55. The summed E-state index contributed by atoms with van der Waals surface area (Å²) >= 11 is 5.90. The molecule has 0 bridgehead atoms. The summed E-state index contributed by atoms with van der Waals surface area (Å²) in [6, 6.07) is 9.63. The van der Waals surface area contributed by atoms with E-state index in [-0.39, 0.29) is 5.91 Å². The first-order valence-corrected chi connectivity index (χ1v) is 10.1. The Balaban J connectivity index is 1.69. The molecule has 1 saturated heterocycles. The third-order valence-corrected chi connectivity index (χ3v) is 6.08. The quantitative estimate of drug-likeness (QED) is 0.821. The van der Waals surface area contributed by atoms with Crippen LogP contribution in [0.5, 0.6) is 5.75 Å². The van der Waals surface area contributed by atoms with Gasteiger partial charge in [-0.15, -0.1) is 11.6 Å². The van der Waals surface area contributed by atoms with Crippen molar-refractivity contribution >= 4 is 23.2 Å². The fraction of sp³-hybridized carbons (Fsp3) is 0.429. The molecule has 1 amide bonds. The van der Waals surface area contributed by atoms with Crippen molar-refractivity contribution in [1.82, 2.24) is 4.98 Å². The van der Waals surface area contributed by atoms with Crippen LogP contribution in [-0.4, -0.2) is 37.6 Å². The van der Waals surface area contributed by atoms with E-state index in [0.29, 0.717) is 23.3 Å². The van der Waals surface area contributed by atoms with Gasteiger partial charge >= 0.3 is 0 Å². The average molecular weight is 387 g/mol. The normalized spacial score (nSPS) is 19.8. The SMILES string of the molecule is COc1ccc2c(c1)C(C1CC[NH2+]CC1)CN2C(=O)c1ccnc(CCl)c1. The number of methoxy groups -OCH3 is 1. The number of quaternary nitrogens is 1. The van der Waals surface area contributed by atoms with Crippen LogP contribution in [0, 0.1) is 5.92 Å². The highest BCUT2D eigenvalue weighted by molar-refractivity contribution is 6.17. The molecule has 4 rings (SSSR count). The van der Waals surface area contributed by atoms with E-state index in [9.17, 15) is 4.79 Å². The molecule has 1 aromatic heterocycles. The average Bonchev–Trinajstić information content (AvgIpc) is 3.12. The molecule has 6 heteroatoms. The molecular weight excluding hydrogens is 362 g/mol. The molecule has 1 aromatic carbocycles. The lowest BCUT2D eigenvalue weighted by molar-refractivity contribution is -0.665. The number of nitrogens with zero attached hydrogens (tertiary/aromatic N) is 2. The van der Waals surface area contributed by atoms with Crippen molar-refractivity contribution in [3.8, 4) is 5.75 Å². The van der Waals surface area contributed by atoms with E-state index in [0.717, 1.165) is 36.8 Å². The number of alkyl halides is 1. The summed E-state index contributed by atoms with van der Waals surface area (Å²) in [5.41, 5.74) is 3.60. The minimum atomic E-state index is 0.0139. The Hall–Kier alpha value is -2.11. The zero-order chi connectivity index (χ0) is 18.8. The summed E-state index contributed by atoms with van der Waals surface area (Å²) in [6.07, 6.45) is 4.04. The van der Waals surface area contributed by atoms with Crippen LogP contribution < -0.4 is 15.0 Å². The van der Waals surface area contributed by atoms with Crippen molar-refractivity contribution in [2.45, 2.75) is 24.6 Å². The molecular formula is C21H25ClN3O2+. The fourth-order valence-corrected chi connectivity index (χ4v) is 4.53. The van der Waals surface area contributed by atoms with Gasteiger partial charge in [0.1, 0.15) is 5.75 Å². The van der Waals surface area contributed by atoms with E-state index in [1.807, 2.05) is 17.0 Å². The maximum atomic E-state index is 13.3. The maximum absolute atomic E-state index is 13.3. The number of pyridine rings is 1. The van der Waals surface area contributed by atoms with E-state index < -0.39 is 0 Å². The van der Waals surface area contributed by atoms with Crippen molar-refractivity contribution in [3.05, 3.63) is 53.3 Å². The number of carbonyl (C=O) groups is 1. The number of ether oxygens (including phenoxy) is 1. The highest BCUT2D eigenvalue weighted by Crippen LogP contribution is 2.44. The monoisotopic (exact) mass is 386 g/mol. The van der Waals surface area contributed by atoms with Gasteiger partial charge in [-0.1, -0.05) is 0 Å². The number of carbonyl (C=O) groups excluding carboxylic acids is 1. The smallest absolute Gasteiger partial charge is 0.258 e. The topological polar surface area (TPSA) is 59.0 Å². The second-order valence-electron chi connectivity index (χ2n) is 7.32. The van der Waals surface area contributed by atoms with Gasteiger partial charge in [-0.25, -0.2) is 0 Å². The molecule has 0 aliphatic carbocycles. The largest absolute Gasteiger partial charge is 0.497 e. The Morgan fingerprint density at radius 3 is 2.85 bits per heavy atom. The zero-order valence-corrected chi connectivity index (χ0v) is 16.3. The molecule has 1 atom stereocenters. The Morgan fingerprint density at radius 2 is 2.11 bits per heavy atom. The molecule has 142 valence electrons. The van der Waals surface area contributed by atoms with Crippen LogP contribution in [0.3, 0.4) is 0 Å². The number of hydrogen-bond acceptors (Lipinski definition) is 3. The molecule has 2 aliphatic heterocycles. The molecule has 1 fully saturated rings. The number of halogens is 1. The first-order valence-electron chi connectivity index (χ1n) is 9.53. The molecule has 2 N–H and O–H groups in total. The molecule has 2 aromatic rings. The summed E-state index contributed by atoms with van der Waals surface area (Å²) in [5.74, 6) is 2.14. The standard InChI is InChI=1S/C21H24ClN3O2/c1-27-17-2-3-20-18(11-17)19(14-4-7-23-8-5-14)13-25(20)21(26)15-6-9-24-16(10-15)12-22/h2-3,6,9-11,14,19,23H,4-5,7-8,12-13H2,1H3/p+1. The van der Waals surface area contributed by atoms with E-state index in [2.05, 4.69) is 16.4 Å². The summed E-state index contributed by atoms with van der Waals surface area (Å²) in [4.78, 5) is 19.4. The van der Waals surface area contributed by atoms with Gasteiger partial charge in [-0.05, 0) is 41.8 Å². The Morgan fingerprint density at radius 1 is 1.30 bits per heavy atom. The van der Waals surface area contributed by atoms with Crippen LogP contribution >= 0.6 is 11.6 Å². The molecule has 0 spiro atoms. The van der Waals surface area contributed by atoms with Crippen molar-refractivity contribution < 1.29 is 14.8 Å². The highest BCUT2D eigenvalue weighted by Gasteiger charge is 2.38. The van der Waals surface area contributed by atoms with Gasteiger partial charge in [0.15, 0.2) is 0 Å². The number of fused-ring (bicyclic) bond motifs is 1. The molecule has 5 nitrogen and oxygen atoms in total. The van der Waals surface area contributed by atoms with Gasteiger partial charge in [0.05, 0.1) is 31.8 Å². The number of amides is 1. The summed E-state index contributed by atoms with van der Waals surface area (Å²) in [5, 5.41) is 2.38. The summed E-state index contributed by atoms with van der Waals surface area (Å²) < 4.78 is 5.45. The molecule has 0 radical (unpaired) electrons. The first kappa shape index (κ1) is 18.3. The van der Waals surface area contributed by atoms with E-state index in [4.69, 9.17) is 16.3 Å². The van der Waals surface area contributed by atoms with Gasteiger partial charge in [-0.3, -0.25) is 9.78 Å². The number of piperidine rings is 1. The minimum absolute atomic E-state index is 0.0139. The van der Waals surface area contributed by atoms with E-state index in [1.54, 1.807) is 25.4 Å². The second kappa shape index (κ2) is 7.87. The van der Waals surface area contributed by atoms with Crippen LogP contribution in [0.15, 0.2) is 36.5 Å². The number of hydrogen-bond donors (Lipinski definition) is 1. The number of nitrogens with two attached hydrogens (primary N) is 1. The van der Waals surface area contributed by atoms with Crippen LogP contribution in [0.4, 0.5) is 5.69 Å². The van der Waals surface area contributed by atoms with Gasteiger partial charge in [0, 0.05) is 42.8 Å². The Kier molecular flexibility index (Phi) is 5.32. The predicted molar refractivity (Wildman–Crippen MR) is 106 cm³/mol. The van der Waals surface area contributed by atoms with Crippen molar-refractivity contribution in [1.29, 1.82) is 0 Å². The van der Waals surface area contributed by atoms with E-state index in [1.165, 1.54) is 18.4 Å². The highest BCUT2D eigenvalue weighted by atomic mass is 35.5. The Labute approximate surface area is 164 Å². The lowest BCUT2D eigenvalue weighted by atomic mass is 9.81. The van der Waals surface area contributed by atoms with E-state index >= 15 is 0 Å². The van der Waals surface area contributed by atoms with Crippen LogP contribution in [0.25, 0.3) is 0 Å². The first-order chi connectivity index (χ1) is 13.2. The third kappa shape index (κ3) is 3.54.